The number of unbranched alkanes of at least 4 members (excludes halogenated alkanes) is 4. The van der Waals surface area contributed by atoms with Crippen LogP contribution in [0.1, 0.15) is 87.1 Å². The molecular formula is C20H30O. The zero-order valence-corrected chi connectivity index (χ0v) is 13.6. The van der Waals surface area contributed by atoms with Crippen LogP contribution in [-0.2, 0) is 6.42 Å². The third-order valence-corrected chi connectivity index (χ3v) is 4.78. The molecule has 1 saturated carbocycles. The normalized spacial score (nSPS) is 16.0. The summed E-state index contributed by atoms with van der Waals surface area (Å²) in [7, 11) is 0. The van der Waals surface area contributed by atoms with Gasteiger partial charge in [-0.2, -0.15) is 0 Å². The van der Waals surface area contributed by atoms with Gasteiger partial charge in [0, 0.05) is 11.5 Å². The third-order valence-electron chi connectivity index (χ3n) is 4.78. The first-order valence-electron chi connectivity index (χ1n) is 8.94. The fourth-order valence-electron chi connectivity index (χ4n) is 3.37. The topological polar surface area (TPSA) is 17.1 Å². The summed E-state index contributed by atoms with van der Waals surface area (Å²) < 4.78 is 0. The molecule has 2 rings (SSSR count). The summed E-state index contributed by atoms with van der Waals surface area (Å²) in [6.07, 6.45) is 13.7. The van der Waals surface area contributed by atoms with Crippen molar-refractivity contribution < 1.29 is 4.79 Å². The van der Waals surface area contributed by atoms with Crippen molar-refractivity contribution >= 4 is 5.78 Å². The monoisotopic (exact) mass is 286 g/mol. The van der Waals surface area contributed by atoms with Gasteiger partial charge in [0.05, 0.1) is 0 Å². The lowest BCUT2D eigenvalue weighted by Gasteiger charge is -2.20. The number of aryl methyl sites for hydroxylation is 1. The molecule has 0 radical (unpaired) electrons. The van der Waals surface area contributed by atoms with Crippen LogP contribution in [-0.4, -0.2) is 5.78 Å². The summed E-state index contributed by atoms with van der Waals surface area (Å²) in [4.78, 5) is 12.4. The van der Waals surface area contributed by atoms with Crippen LogP contribution in [0.15, 0.2) is 24.3 Å². The van der Waals surface area contributed by atoms with Crippen molar-refractivity contribution in [2.24, 2.45) is 5.92 Å². The molecule has 0 N–H and O–H groups in total. The number of carbonyl (C=O) groups is 1. The van der Waals surface area contributed by atoms with Crippen molar-refractivity contribution in [3.05, 3.63) is 35.4 Å². The molecular weight excluding hydrogens is 256 g/mol. The van der Waals surface area contributed by atoms with Crippen molar-refractivity contribution in [1.82, 2.24) is 0 Å². The molecule has 0 unspecified atom stereocenters. The third kappa shape index (κ3) is 5.30. The molecule has 1 aromatic rings. The van der Waals surface area contributed by atoms with E-state index in [0.29, 0.717) is 11.7 Å². The lowest BCUT2D eigenvalue weighted by Crippen LogP contribution is -2.17. The quantitative estimate of drug-likeness (QED) is 0.425. The summed E-state index contributed by atoms with van der Waals surface area (Å²) >= 11 is 0. The number of carbonyl (C=O) groups excluding carboxylic acids is 1. The summed E-state index contributed by atoms with van der Waals surface area (Å²) in [6, 6.07) is 8.43. The lowest BCUT2D eigenvalue weighted by molar-refractivity contribution is 0.0889. The van der Waals surface area contributed by atoms with Crippen molar-refractivity contribution in [3.8, 4) is 0 Å². The summed E-state index contributed by atoms with van der Waals surface area (Å²) in [5.41, 5.74) is 2.31. The van der Waals surface area contributed by atoms with Crippen LogP contribution in [0.4, 0.5) is 0 Å². The van der Waals surface area contributed by atoms with Gasteiger partial charge in [-0.25, -0.2) is 0 Å². The highest BCUT2D eigenvalue weighted by atomic mass is 16.1. The second kappa shape index (κ2) is 9.02. The Morgan fingerprint density at radius 1 is 0.952 bits per heavy atom. The Bertz CT molecular complexity index is 412. The first-order valence-corrected chi connectivity index (χ1v) is 8.94. The summed E-state index contributed by atoms with van der Waals surface area (Å²) in [6.45, 7) is 2.25. The maximum atomic E-state index is 12.4. The number of hydrogen-bond donors (Lipinski definition) is 0. The largest absolute Gasteiger partial charge is 0.294 e. The molecule has 0 saturated heterocycles. The Balaban J connectivity index is 1.79. The fourth-order valence-corrected chi connectivity index (χ4v) is 3.37. The number of rotatable bonds is 8. The van der Waals surface area contributed by atoms with Crippen molar-refractivity contribution in [2.45, 2.75) is 77.6 Å². The molecule has 0 bridgehead atoms. The maximum absolute atomic E-state index is 12.4. The van der Waals surface area contributed by atoms with E-state index in [4.69, 9.17) is 0 Å². The number of hydrogen-bond acceptors (Lipinski definition) is 1. The molecule has 21 heavy (non-hydrogen) atoms. The van der Waals surface area contributed by atoms with E-state index in [1.807, 2.05) is 0 Å². The maximum Gasteiger partial charge on any atom is 0.165 e. The minimum Gasteiger partial charge on any atom is -0.294 e. The zero-order chi connectivity index (χ0) is 14.9. The van der Waals surface area contributed by atoms with Crippen LogP contribution < -0.4 is 0 Å². The molecule has 0 aromatic heterocycles. The Hall–Kier alpha value is -1.11. The molecule has 116 valence electrons. The molecule has 0 amide bonds. The highest BCUT2D eigenvalue weighted by molar-refractivity contribution is 5.97. The first kappa shape index (κ1) is 16.3. The second-order valence-electron chi connectivity index (χ2n) is 6.56. The molecule has 1 heteroatoms. The van der Waals surface area contributed by atoms with Gasteiger partial charge in [-0.1, -0.05) is 76.1 Å². The van der Waals surface area contributed by atoms with Gasteiger partial charge < -0.3 is 0 Å². The van der Waals surface area contributed by atoms with E-state index in [-0.39, 0.29) is 0 Å². The van der Waals surface area contributed by atoms with Crippen molar-refractivity contribution in [2.75, 3.05) is 0 Å². The van der Waals surface area contributed by atoms with Crippen molar-refractivity contribution in [1.29, 1.82) is 0 Å². The van der Waals surface area contributed by atoms with Gasteiger partial charge >= 0.3 is 0 Å². The minimum atomic E-state index is 0.290. The number of benzene rings is 1. The number of ketones is 1. The van der Waals surface area contributed by atoms with Gasteiger partial charge in [0.25, 0.3) is 0 Å². The average molecular weight is 286 g/mol. The van der Waals surface area contributed by atoms with Crippen LogP contribution >= 0.6 is 0 Å². The Morgan fingerprint density at radius 3 is 2.29 bits per heavy atom. The summed E-state index contributed by atoms with van der Waals surface area (Å²) in [5, 5.41) is 0. The minimum absolute atomic E-state index is 0.290. The molecule has 0 aliphatic heterocycles. The Morgan fingerprint density at radius 2 is 1.62 bits per heavy atom. The van der Waals surface area contributed by atoms with Gasteiger partial charge in [-0.3, -0.25) is 4.79 Å². The van der Waals surface area contributed by atoms with E-state index in [1.54, 1.807) is 0 Å². The molecule has 1 fully saturated rings. The predicted molar refractivity (Wildman–Crippen MR) is 89.8 cm³/mol. The van der Waals surface area contributed by atoms with E-state index in [1.165, 1.54) is 56.9 Å². The molecule has 0 heterocycles. The first-order chi connectivity index (χ1) is 10.3. The highest BCUT2D eigenvalue weighted by Crippen LogP contribution is 2.27. The van der Waals surface area contributed by atoms with Gasteiger partial charge in [0.15, 0.2) is 5.78 Å². The van der Waals surface area contributed by atoms with Crippen LogP contribution in [0.2, 0.25) is 0 Å². The average Bonchev–Trinajstić information content (AvgIpc) is 2.55. The molecule has 1 aliphatic carbocycles. The van der Waals surface area contributed by atoms with E-state index >= 15 is 0 Å². The van der Waals surface area contributed by atoms with Gasteiger partial charge in [0.2, 0.25) is 0 Å². The molecule has 1 aromatic carbocycles. The standard InChI is InChI=1S/C20H30O/c1-2-3-4-5-7-10-17-13-15-19(16-14-17)20(21)18-11-8-6-9-12-18/h13-16,18H,2-12H2,1H3. The van der Waals surface area contributed by atoms with Crippen LogP contribution in [0.3, 0.4) is 0 Å². The van der Waals surface area contributed by atoms with E-state index in [9.17, 15) is 4.79 Å². The number of Topliss-reactive ketones (excluding diaryl/α,β-unsaturated/α-hetero) is 1. The zero-order valence-electron chi connectivity index (χ0n) is 13.6. The highest BCUT2D eigenvalue weighted by Gasteiger charge is 2.21. The SMILES string of the molecule is CCCCCCCc1ccc(C(=O)C2CCCCC2)cc1. The second-order valence-corrected chi connectivity index (χ2v) is 6.56. The van der Waals surface area contributed by atoms with Crippen LogP contribution in [0.25, 0.3) is 0 Å². The van der Waals surface area contributed by atoms with Crippen LogP contribution in [0.5, 0.6) is 0 Å². The van der Waals surface area contributed by atoms with Gasteiger partial charge in [-0.05, 0) is 31.2 Å². The van der Waals surface area contributed by atoms with E-state index in [2.05, 4.69) is 31.2 Å². The smallest absolute Gasteiger partial charge is 0.165 e. The predicted octanol–water partition coefficient (Wildman–Crippen LogP) is 5.96. The Kier molecular flexibility index (Phi) is 6.99. The molecule has 0 atom stereocenters. The fraction of sp³-hybridized carbons (Fsp3) is 0.650. The molecule has 1 aliphatic rings. The summed E-state index contributed by atoms with van der Waals surface area (Å²) in [5.74, 6) is 0.669. The lowest BCUT2D eigenvalue weighted by atomic mass is 9.84. The molecule has 1 nitrogen and oxygen atoms in total. The van der Waals surface area contributed by atoms with Crippen molar-refractivity contribution in [3.63, 3.8) is 0 Å². The van der Waals surface area contributed by atoms with E-state index < -0.39 is 0 Å². The van der Waals surface area contributed by atoms with E-state index in [0.717, 1.165) is 24.8 Å². The van der Waals surface area contributed by atoms with Crippen LogP contribution in [0, 0.1) is 5.92 Å². The molecule has 0 spiro atoms. The van der Waals surface area contributed by atoms with Gasteiger partial charge in [0.1, 0.15) is 0 Å². The van der Waals surface area contributed by atoms with Gasteiger partial charge in [-0.15, -0.1) is 0 Å². The Labute approximate surface area is 130 Å².